The highest BCUT2D eigenvalue weighted by Crippen LogP contribution is 2.35. The molecule has 1 aliphatic rings. The third-order valence-corrected chi connectivity index (χ3v) is 5.55. The molecule has 1 fully saturated rings. The summed E-state index contributed by atoms with van der Waals surface area (Å²) in [6.07, 6.45) is -0.878. The van der Waals surface area contributed by atoms with Crippen LogP contribution in [-0.2, 0) is 4.79 Å². The maximum absolute atomic E-state index is 14.0. The number of benzene rings is 1. The Kier molecular flexibility index (Phi) is 7.48. The molecule has 0 atom stereocenters. The van der Waals surface area contributed by atoms with E-state index < -0.39 is 30.3 Å². The Morgan fingerprint density at radius 1 is 1.24 bits per heavy atom. The van der Waals surface area contributed by atoms with Crippen LogP contribution in [0.2, 0.25) is 0 Å². The number of alkyl halides is 3. The van der Waals surface area contributed by atoms with Gasteiger partial charge in [0.15, 0.2) is 18.2 Å². The lowest BCUT2D eigenvalue weighted by Gasteiger charge is -2.27. The number of halogens is 4. The number of carbonyl (C=O) groups is 2. The van der Waals surface area contributed by atoms with E-state index in [9.17, 15) is 27.2 Å². The summed E-state index contributed by atoms with van der Waals surface area (Å²) < 4.78 is 57.6. The van der Waals surface area contributed by atoms with Gasteiger partial charge in [-0.15, -0.1) is 0 Å². The van der Waals surface area contributed by atoms with Crippen LogP contribution in [0.1, 0.15) is 42.1 Å². The van der Waals surface area contributed by atoms with Crippen LogP contribution in [0.15, 0.2) is 30.9 Å². The van der Waals surface area contributed by atoms with Crippen LogP contribution in [0, 0.1) is 5.82 Å². The number of amides is 2. The first-order chi connectivity index (χ1) is 16.0. The van der Waals surface area contributed by atoms with E-state index in [1.54, 1.807) is 4.90 Å². The smallest absolute Gasteiger partial charge is 0.422 e. The summed E-state index contributed by atoms with van der Waals surface area (Å²) in [5.74, 6) is -2.66. The number of anilines is 1. The Bertz CT molecular complexity index is 1070. The average molecular weight is 483 g/mol. The number of nitrogen functional groups attached to an aromatic ring is 1. The van der Waals surface area contributed by atoms with Crippen LogP contribution < -0.4 is 16.2 Å². The molecule has 2 heterocycles. The zero-order valence-corrected chi connectivity index (χ0v) is 18.3. The minimum Gasteiger partial charge on any atom is -0.481 e. The predicted octanol–water partition coefficient (Wildman–Crippen LogP) is 3.44. The second-order valence-electron chi connectivity index (χ2n) is 7.93. The van der Waals surface area contributed by atoms with E-state index in [1.165, 1.54) is 16.8 Å². The minimum atomic E-state index is -4.66. The molecule has 0 unspecified atom stereocenters. The lowest BCUT2D eigenvalue weighted by Crippen LogP contribution is -2.33. The van der Waals surface area contributed by atoms with Crippen molar-refractivity contribution < 1.29 is 31.9 Å². The van der Waals surface area contributed by atoms with Crippen molar-refractivity contribution >= 4 is 17.6 Å². The zero-order valence-electron chi connectivity index (χ0n) is 18.3. The van der Waals surface area contributed by atoms with E-state index in [0.29, 0.717) is 38.8 Å². The number of nitrogens with zero attached hydrogens (tertiary/aromatic N) is 3. The molecule has 2 amide bonds. The van der Waals surface area contributed by atoms with Gasteiger partial charge in [0, 0.05) is 18.7 Å². The van der Waals surface area contributed by atoms with Gasteiger partial charge in [0.05, 0.1) is 6.04 Å². The van der Waals surface area contributed by atoms with Crippen molar-refractivity contribution in [3.05, 3.63) is 42.2 Å². The summed E-state index contributed by atoms with van der Waals surface area (Å²) in [5.41, 5.74) is 11.8. The summed E-state index contributed by atoms with van der Waals surface area (Å²) in [5, 5.41) is 4.44. The highest BCUT2D eigenvalue weighted by atomic mass is 19.4. The van der Waals surface area contributed by atoms with Crippen LogP contribution in [0.3, 0.4) is 0 Å². The number of hydrogen-bond acceptors (Lipinski definition) is 5. The number of rotatable bonds is 6. The molecule has 2 aromatic rings. The van der Waals surface area contributed by atoms with Crippen LogP contribution in [-0.4, -0.2) is 52.4 Å². The summed E-state index contributed by atoms with van der Waals surface area (Å²) in [7, 11) is 0. The molecule has 1 saturated heterocycles. The maximum Gasteiger partial charge on any atom is 0.422 e. The summed E-state index contributed by atoms with van der Waals surface area (Å²) >= 11 is 0. The number of ether oxygens (including phenoxy) is 1. The first-order valence-electron chi connectivity index (χ1n) is 10.6. The molecule has 8 nitrogen and oxygen atoms in total. The van der Waals surface area contributed by atoms with E-state index in [4.69, 9.17) is 11.5 Å². The molecule has 0 radical (unpaired) electrons. The Morgan fingerprint density at radius 2 is 1.88 bits per heavy atom. The Balaban J connectivity index is 1.92. The molecule has 0 bridgehead atoms. The van der Waals surface area contributed by atoms with E-state index in [0.717, 1.165) is 12.1 Å². The van der Waals surface area contributed by atoms with Gasteiger partial charge in [-0.05, 0) is 50.0 Å². The van der Waals surface area contributed by atoms with Gasteiger partial charge in [-0.1, -0.05) is 6.58 Å². The summed E-state index contributed by atoms with van der Waals surface area (Å²) in [4.78, 5) is 25.8. The molecule has 3 rings (SSSR count). The van der Waals surface area contributed by atoms with Crippen LogP contribution in [0.5, 0.6) is 5.75 Å². The number of nitrogens with two attached hydrogens (primary N) is 2. The highest BCUT2D eigenvalue weighted by molar-refractivity contribution is 6.03. The number of hydrogen-bond donors (Lipinski definition) is 2. The van der Waals surface area contributed by atoms with Gasteiger partial charge in [-0.25, -0.2) is 9.07 Å². The molecule has 0 spiro atoms. The second-order valence-corrected chi connectivity index (χ2v) is 7.93. The first kappa shape index (κ1) is 25.1. The summed E-state index contributed by atoms with van der Waals surface area (Å²) in [6.45, 7) is 2.87. The molecule has 1 aromatic carbocycles. The van der Waals surface area contributed by atoms with Crippen LogP contribution in [0.25, 0.3) is 11.3 Å². The van der Waals surface area contributed by atoms with Gasteiger partial charge in [-0.2, -0.15) is 18.3 Å². The Hall–Kier alpha value is -3.57. The van der Waals surface area contributed by atoms with Crippen molar-refractivity contribution in [1.82, 2.24) is 14.7 Å². The van der Waals surface area contributed by atoms with E-state index in [1.807, 2.05) is 0 Å². The maximum atomic E-state index is 14.0. The minimum absolute atomic E-state index is 0.00850. The highest BCUT2D eigenvalue weighted by Gasteiger charge is 2.30. The van der Waals surface area contributed by atoms with E-state index in [-0.39, 0.29) is 34.6 Å². The standard InChI is InChI=1S/C22H25F4N5O3/c1-2-17(32)30-9-3-5-14(6-4-10-30)31-20(27)18(21(28)33)19(29-31)13-7-8-15(23)16(11-13)34-12-22(24,25)26/h2,7-8,11,14H,1,3-6,9-10,12,27H2,(H2,28,33). The van der Waals surface area contributed by atoms with Gasteiger partial charge >= 0.3 is 6.18 Å². The van der Waals surface area contributed by atoms with E-state index >= 15 is 0 Å². The second kappa shape index (κ2) is 10.1. The normalized spacial score (nSPS) is 15.5. The number of carbonyl (C=O) groups excluding carboxylic acids is 2. The average Bonchev–Trinajstić information content (AvgIpc) is 3.09. The third kappa shape index (κ3) is 5.67. The van der Waals surface area contributed by atoms with Crippen molar-refractivity contribution in [3.8, 4) is 17.0 Å². The first-order valence-corrected chi connectivity index (χ1v) is 10.6. The van der Waals surface area contributed by atoms with Crippen molar-refractivity contribution in [3.63, 3.8) is 0 Å². The van der Waals surface area contributed by atoms with Gasteiger partial charge in [0.1, 0.15) is 17.1 Å². The fourth-order valence-electron chi connectivity index (χ4n) is 3.98. The summed E-state index contributed by atoms with van der Waals surface area (Å²) in [6, 6.07) is 3.00. The number of aromatic nitrogens is 2. The molecule has 1 aliphatic heterocycles. The SMILES string of the molecule is C=CC(=O)N1CCCC(n2nc(-c3ccc(F)c(OCC(F)(F)F)c3)c(C(N)=O)c2N)CCC1. The lowest BCUT2D eigenvalue weighted by atomic mass is 10.0. The number of primary amides is 1. The largest absolute Gasteiger partial charge is 0.481 e. The van der Waals surface area contributed by atoms with Gasteiger partial charge in [-0.3, -0.25) is 9.59 Å². The Labute approximate surface area is 193 Å². The van der Waals surface area contributed by atoms with Gasteiger partial charge in [0.2, 0.25) is 5.91 Å². The molecular weight excluding hydrogens is 458 g/mol. The molecule has 34 heavy (non-hydrogen) atoms. The molecule has 0 aliphatic carbocycles. The molecule has 184 valence electrons. The van der Waals surface area contributed by atoms with Crippen molar-refractivity contribution in [2.75, 3.05) is 25.4 Å². The fraction of sp³-hybridized carbons (Fsp3) is 0.409. The van der Waals surface area contributed by atoms with Gasteiger partial charge < -0.3 is 21.1 Å². The molecule has 4 N–H and O–H groups in total. The van der Waals surface area contributed by atoms with Crippen molar-refractivity contribution in [2.24, 2.45) is 5.73 Å². The topological polar surface area (TPSA) is 116 Å². The molecule has 1 aromatic heterocycles. The van der Waals surface area contributed by atoms with E-state index in [2.05, 4.69) is 16.4 Å². The molecular formula is C22H25F4N5O3. The third-order valence-electron chi connectivity index (χ3n) is 5.55. The van der Waals surface area contributed by atoms with Crippen molar-refractivity contribution in [1.29, 1.82) is 0 Å². The van der Waals surface area contributed by atoms with Crippen LogP contribution in [0.4, 0.5) is 23.4 Å². The monoisotopic (exact) mass is 483 g/mol. The lowest BCUT2D eigenvalue weighted by molar-refractivity contribution is -0.153. The predicted molar refractivity (Wildman–Crippen MR) is 116 cm³/mol. The molecule has 0 saturated carbocycles. The molecule has 12 heteroatoms. The zero-order chi connectivity index (χ0) is 25.0. The Morgan fingerprint density at radius 3 is 2.44 bits per heavy atom. The van der Waals surface area contributed by atoms with Crippen molar-refractivity contribution in [2.45, 2.75) is 37.9 Å². The fourth-order valence-corrected chi connectivity index (χ4v) is 3.98. The number of likely N-dealkylation sites (tertiary alicyclic amines) is 1. The van der Waals surface area contributed by atoms with Gasteiger partial charge in [0.25, 0.3) is 5.91 Å². The quantitative estimate of drug-likeness (QED) is 0.482. The van der Waals surface area contributed by atoms with Crippen LogP contribution >= 0.6 is 0 Å².